The third kappa shape index (κ3) is 3.35. The lowest BCUT2D eigenvalue weighted by molar-refractivity contribution is 0.291. The average molecular weight is 279 g/mol. The van der Waals surface area contributed by atoms with Crippen molar-refractivity contribution in [2.24, 2.45) is 0 Å². The van der Waals surface area contributed by atoms with Gasteiger partial charge in [-0.25, -0.2) is 9.97 Å². The minimum absolute atomic E-state index is 0.283. The zero-order valence-electron chi connectivity index (χ0n) is 11.1. The van der Waals surface area contributed by atoms with Crippen molar-refractivity contribution in [1.29, 1.82) is 0 Å². The lowest BCUT2D eigenvalue weighted by atomic mass is 10.2. The van der Waals surface area contributed by atoms with E-state index >= 15 is 0 Å². The first kappa shape index (κ1) is 13.6. The van der Waals surface area contributed by atoms with E-state index in [4.69, 9.17) is 21.1 Å². The molecule has 100 valence electrons. The molecule has 0 bridgehead atoms. The van der Waals surface area contributed by atoms with Gasteiger partial charge in [0.25, 0.3) is 5.88 Å². The Hall–Kier alpha value is -1.81. The fourth-order valence-electron chi connectivity index (χ4n) is 1.56. The molecule has 2 aromatic rings. The molecule has 4 nitrogen and oxygen atoms in total. The van der Waals surface area contributed by atoms with Crippen LogP contribution in [0.25, 0.3) is 0 Å². The van der Waals surface area contributed by atoms with Gasteiger partial charge >= 0.3 is 0 Å². The Labute approximate surface area is 117 Å². The number of hydrogen-bond donors (Lipinski definition) is 0. The van der Waals surface area contributed by atoms with Gasteiger partial charge in [-0.2, -0.15) is 0 Å². The van der Waals surface area contributed by atoms with Crippen LogP contribution in [0.15, 0.2) is 24.3 Å². The number of rotatable bonds is 4. The van der Waals surface area contributed by atoms with E-state index in [-0.39, 0.29) is 5.15 Å². The number of aromatic nitrogens is 2. The topological polar surface area (TPSA) is 44.2 Å². The highest BCUT2D eigenvalue weighted by Crippen LogP contribution is 2.22. The molecule has 0 fully saturated rings. The summed E-state index contributed by atoms with van der Waals surface area (Å²) in [6, 6.07) is 7.64. The fraction of sp³-hybridized carbons (Fsp3) is 0.286. The van der Waals surface area contributed by atoms with Crippen LogP contribution in [0.5, 0.6) is 11.6 Å². The van der Waals surface area contributed by atoms with Gasteiger partial charge in [0.05, 0.1) is 18.5 Å². The number of aryl methyl sites for hydroxylation is 2. The predicted octanol–water partition coefficient (Wildman–Crippen LogP) is 3.33. The maximum Gasteiger partial charge on any atom is 0.252 e. The molecule has 0 spiro atoms. The molecule has 0 N–H and O–H groups in total. The smallest absolute Gasteiger partial charge is 0.252 e. The number of ether oxygens (including phenoxy) is 2. The molecule has 1 heterocycles. The van der Waals surface area contributed by atoms with Crippen molar-refractivity contribution in [2.45, 2.75) is 20.5 Å². The van der Waals surface area contributed by atoms with Crippen LogP contribution in [0.4, 0.5) is 0 Å². The molecule has 5 heteroatoms. The van der Waals surface area contributed by atoms with Gasteiger partial charge in [0, 0.05) is 0 Å². The van der Waals surface area contributed by atoms with Gasteiger partial charge in [0.1, 0.15) is 12.4 Å². The standard InChI is InChI=1S/C14H15ClN2O2/c1-9-10(2)17-14(13(15)16-9)19-8-11-5-4-6-12(7-11)18-3/h4-7H,8H2,1-3H3. The Morgan fingerprint density at radius 3 is 2.63 bits per heavy atom. The van der Waals surface area contributed by atoms with Crippen LogP contribution in [0.2, 0.25) is 5.15 Å². The minimum Gasteiger partial charge on any atom is -0.497 e. The number of hydrogen-bond acceptors (Lipinski definition) is 4. The second-order valence-corrected chi connectivity index (χ2v) is 4.49. The van der Waals surface area contributed by atoms with Gasteiger partial charge in [-0.1, -0.05) is 23.7 Å². The maximum atomic E-state index is 6.00. The van der Waals surface area contributed by atoms with Gasteiger partial charge in [-0.15, -0.1) is 0 Å². The summed E-state index contributed by atoms with van der Waals surface area (Å²) in [6.07, 6.45) is 0. The molecule has 0 amide bonds. The van der Waals surface area contributed by atoms with Gasteiger partial charge in [0.15, 0.2) is 5.15 Å². The van der Waals surface area contributed by atoms with Crippen molar-refractivity contribution in [3.05, 3.63) is 46.4 Å². The number of halogens is 1. The summed E-state index contributed by atoms with van der Waals surface area (Å²) in [6.45, 7) is 4.10. The monoisotopic (exact) mass is 278 g/mol. The second kappa shape index (κ2) is 5.89. The van der Waals surface area contributed by atoms with Crippen LogP contribution in [0.1, 0.15) is 17.0 Å². The summed E-state index contributed by atoms with van der Waals surface area (Å²) < 4.78 is 10.8. The van der Waals surface area contributed by atoms with E-state index in [1.165, 1.54) is 0 Å². The lowest BCUT2D eigenvalue weighted by Crippen LogP contribution is -2.02. The van der Waals surface area contributed by atoms with E-state index in [1.807, 2.05) is 38.1 Å². The van der Waals surface area contributed by atoms with Crippen LogP contribution in [-0.2, 0) is 6.61 Å². The van der Waals surface area contributed by atoms with Crippen LogP contribution < -0.4 is 9.47 Å². The molecular formula is C14H15ClN2O2. The summed E-state index contributed by atoms with van der Waals surface area (Å²) in [4.78, 5) is 8.45. The molecule has 0 unspecified atom stereocenters. The molecule has 0 atom stereocenters. The zero-order chi connectivity index (χ0) is 13.8. The number of methoxy groups -OCH3 is 1. The third-order valence-corrected chi connectivity index (χ3v) is 2.99. The Kier molecular flexibility index (Phi) is 4.22. The first-order chi connectivity index (χ1) is 9.10. The van der Waals surface area contributed by atoms with Gasteiger partial charge in [-0.05, 0) is 31.5 Å². The van der Waals surface area contributed by atoms with Crippen LogP contribution in [0.3, 0.4) is 0 Å². The van der Waals surface area contributed by atoms with Gasteiger partial charge < -0.3 is 9.47 Å². The van der Waals surface area contributed by atoms with E-state index in [0.717, 1.165) is 22.7 Å². The van der Waals surface area contributed by atoms with Gasteiger partial charge in [-0.3, -0.25) is 0 Å². The van der Waals surface area contributed by atoms with Crippen LogP contribution in [-0.4, -0.2) is 17.1 Å². The summed E-state index contributed by atoms with van der Waals surface area (Å²) in [5, 5.41) is 0.283. The van der Waals surface area contributed by atoms with E-state index in [1.54, 1.807) is 7.11 Å². The molecule has 19 heavy (non-hydrogen) atoms. The largest absolute Gasteiger partial charge is 0.497 e. The minimum atomic E-state index is 0.283. The Balaban J connectivity index is 2.12. The third-order valence-electron chi connectivity index (χ3n) is 2.74. The highest BCUT2D eigenvalue weighted by Gasteiger charge is 2.08. The predicted molar refractivity (Wildman–Crippen MR) is 73.8 cm³/mol. The molecule has 0 saturated heterocycles. The average Bonchev–Trinajstić information content (AvgIpc) is 2.41. The number of benzene rings is 1. The Morgan fingerprint density at radius 2 is 1.89 bits per heavy atom. The molecule has 1 aromatic carbocycles. The van der Waals surface area contributed by atoms with Crippen molar-refractivity contribution < 1.29 is 9.47 Å². The van der Waals surface area contributed by atoms with Crippen molar-refractivity contribution in [3.8, 4) is 11.6 Å². The van der Waals surface area contributed by atoms with Crippen LogP contribution >= 0.6 is 11.6 Å². The van der Waals surface area contributed by atoms with Crippen molar-refractivity contribution >= 4 is 11.6 Å². The SMILES string of the molecule is COc1cccc(COc2nc(C)c(C)nc2Cl)c1. The summed E-state index contributed by atoms with van der Waals surface area (Å²) in [5.74, 6) is 1.14. The Morgan fingerprint density at radius 1 is 1.16 bits per heavy atom. The highest BCUT2D eigenvalue weighted by atomic mass is 35.5. The van der Waals surface area contributed by atoms with E-state index in [0.29, 0.717) is 12.5 Å². The summed E-state index contributed by atoms with van der Waals surface area (Å²) in [5.41, 5.74) is 2.60. The first-order valence-electron chi connectivity index (χ1n) is 5.86. The van der Waals surface area contributed by atoms with Crippen molar-refractivity contribution in [1.82, 2.24) is 9.97 Å². The molecule has 0 aliphatic rings. The second-order valence-electron chi connectivity index (χ2n) is 4.13. The molecule has 2 rings (SSSR count). The van der Waals surface area contributed by atoms with Crippen LogP contribution in [0, 0.1) is 13.8 Å². The highest BCUT2D eigenvalue weighted by molar-refractivity contribution is 6.30. The van der Waals surface area contributed by atoms with E-state index in [9.17, 15) is 0 Å². The zero-order valence-corrected chi connectivity index (χ0v) is 11.9. The van der Waals surface area contributed by atoms with Gasteiger partial charge in [0.2, 0.25) is 0 Å². The number of nitrogens with zero attached hydrogens (tertiary/aromatic N) is 2. The molecule has 0 aliphatic heterocycles. The summed E-state index contributed by atoms with van der Waals surface area (Å²) >= 11 is 6.00. The first-order valence-corrected chi connectivity index (χ1v) is 6.24. The fourth-order valence-corrected chi connectivity index (χ4v) is 1.78. The molecule has 1 aromatic heterocycles. The molecule has 0 aliphatic carbocycles. The van der Waals surface area contributed by atoms with Crippen molar-refractivity contribution in [2.75, 3.05) is 7.11 Å². The maximum absolute atomic E-state index is 6.00. The van der Waals surface area contributed by atoms with E-state index in [2.05, 4.69) is 9.97 Å². The van der Waals surface area contributed by atoms with Crippen molar-refractivity contribution in [3.63, 3.8) is 0 Å². The Bertz CT molecular complexity index is 588. The molecule has 0 saturated carbocycles. The quantitative estimate of drug-likeness (QED) is 0.860. The normalized spacial score (nSPS) is 10.3. The molecular weight excluding hydrogens is 264 g/mol. The lowest BCUT2D eigenvalue weighted by Gasteiger charge is -2.09. The molecule has 0 radical (unpaired) electrons. The van der Waals surface area contributed by atoms with E-state index < -0.39 is 0 Å². The summed E-state index contributed by atoms with van der Waals surface area (Å²) in [7, 11) is 1.63.